The first-order valence-corrected chi connectivity index (χ1v) is 13.9. The van der Waals surface area contributed by atoms with E-state index in [1.165, 1.54) is 12.8 Å². The van der Waals surface area contributed by atoms with Crippen LogP contribution in [0.25, 0.3) is 10.8 Å². The number of rotatable bonds is 13. The van der Waals surface area contributed by atoms with Crippen LogP contribution in [0.2, 0.25) is 0 Å². The number of aliphatic carboxylic acids is 1. The molecule has 2 rings (SSSR count). The number of hydrogen-bond acceptors (Lipinski definition) is 6. The Morgan fingerprint density at radius 2 is 1.60 bits per heavy atom. The van der Waals surface area contributed by atoms with Gasteiger partial charge >= 0.3 is 5.97 Å². The monoisotopic (exact) mass is 559 g/mol. The summed E-state index contributed by atoms with van der Waals surface area (Å²) in [5.41, 5.74) is 0.367. The highest BCUT2D eigenvalue weighted by Crippen LogP contribution is 2.16. The number of carbonyl (C=O) groups is 5. The number of Topliss-reactive ketones (excluding diaryl/α,β-unsaturated/α-hetero) is 1. The van der Waals surface area contributed by atoms with Crippen molar-refractivity contribution in [3.8, 4) is 0 Å². The van der Waals surface area contributed by atoms with Crippen LogP contribution in [0.15, 0.2) is 36.5 Å². The third-order valence-electron chi connectivity index (χ3n) is 4.85. The molecule has 0 saturated carbocycles. The molecule has 224 valence electrons. The number of carboxylic acid groups (broad SMARTS) is 1. The Bertz CT molecular complexity index is 999. The van der Waals surface area contributed by atoms with Crippen LogP contribution in [0.4, 0.5) is 0 Å². The maximum absolute atomic E-state index is 12.1. The Hall–Kier alpha value is -3.62. The average Bonchev–Trinajstić information content (AvgIpc) is 2.90. The number of aldehydes is 1. The van der Waals surface area contributed by atoms with Crippen LogP contribution in [0, 0.1) is 11.8 Å². The van der Waals surface area contributed by atoms with Crippen molar-refractivity contribution in [1.82, 2.24) is 15.6 Å². The zero-order chi connectivity index (χ0) is 30.9. The SMILES string of the molecule is CC(C)C.CCCC(C)C.CCCCC(=O)CNC(=O)c1nccc2ccccc12.O=CNC(C=O)CC(=O)O. The number of carbonyl (C=O) groups excluding carboxylic acids is 4. The number of ketones is 1. The van der Waals surface area contributed by atoms with Crippen molar-refractivity contribution in [1.29, 1.82) is 0 Å². The summed E-state index contributed by atoms with van der Waals surface area (Å²) in [6.45, 7) is 15.3. The lowest BCUT2D eigenvalue weighted by atomic mass is 10.1. The van der Waals surface area contributed by atoms with E-state index >= 15 is 0 Å². The second-order valence-corrected chi connectivity index (χ2v) is 10.2. The lowest BCUT2D eigenvalue weighted by Crippen LogP contribution is -2.31. The number of unbranched alkanes of at least 4 members (excludes halogenated alkanes) is 1. The largest absolute Gasteiger partial charge is 0.481 e. The predicted octanol–water partition coefficient (Wildman–Crippen LogP) is 5.60. The first-order valence-electron chi connectivity index (χ1n) is 13.9. The maximum Gasteiger partial charge on any atom is 0.305 e. The zero-order valence-electron chi connectivity index (χ0n) is 25.2. The van der Waals surface area contributed by atoms with E-state index in [1.807, 2.05) is 42.6 Å². The summed E-state index contributed by atoms with van der Waals surface area (Å²) >= 11 is 0. The second-order valence-electron chi connectivity index (χ2n) is 10.2. The first-order chi connectivity index (χ1) is 18.9. The molecule has 0 aliphatic rings. The van der Waals surface area contributed by atoms with Crippen LogP contribution in [0.5, 0.6) is 0 Å². The van der Waals surface area contributed by atoms with Gasteiger partial charge in [-0.1, -0.05) is 92.0 Å². The number of aromatic nitrogens is 1. The predicted molar refractivity (Wildman–Crippen MR) is 160 cm³/mol. The van der Waals surface area contributed by atoms with Crippen molar-refractivity contribution in [3.63, 3.8) is 0 Å². The van der Waals surface area contributed by atoms with Gasteiger partial charge in [0.15, 0.2) is 5.78 Å². The molecule has 0 fully saturated rings. The summed E-state index contributed by atoms with van der Waals surface area (Å²) in [6.07, 6.45) is 6.96. The Morgan fingerprint density at radius 1 is 0.975 bits per heavy atom. The van der Waals surface area contributed by atoms with Crippen LogP contribution in [-0.4, -0.2) is 53.0 Å². The molecule has 0 aliphatic heterocycles. The zero-order valence-corrected chi connectivity index (χ0v) is 25.2. The molecule has 1 aromatic heterocycles. The number of benzene rings is 1. The van der Waals surface area contributed by atoms with E-state index in [2.05, 4.69) is 51.8 Å². The molecule has 0 spiro atoms. The van der Waals surface area contributed by atoms with Gasteiger partial charge in [0, 0.05) is 18.0 Å². The van der Waals surface area contributed by atoms with Crippen molar-refractivity contribution in [2.45, 2.75) is 93.0 Å². The van der Waals surface area contributed by atoms with E-state index in [0.717, 1.165) is 35.4 Å². The third-order valence-corrected chi connectivity index (χ3v) is 4.85. The molecule has 40 heavy (non-hydrogen) atoms. The van der Waals surface area contributed by atoms with Crippen LogP contribution in [-0.2, 0) is 19.2 Å². The van der Waals surface area contributed by atoms with Crippen molar-refractivity contribution in [2.24, 2.45) is 11.8 Å². The summed E-state index contributed by atoms with van der Waals surface area (Å²) in [5, 5.41) is 14.6. The molecule has 0 radical (unpaired) electrons. The quantitative estimate of drug-likeness (QED) is 0.271. The molecule has 1 unspecified atom stereocenters. The number of pyridine rings is 1. The third kappa shape index (κ3) is 21.3. The van der Waals surface area contributed by atoms with E-state index in [-0.39, 0.29) is 24.7 Å². The van der Waals surface area contributed by atoms with E-state index in [0.29, 0.717) is 24.8 Å². The molecular formula is C31H49N3O6. The Labute approximate surface area is 239 Å². The number of amides is 2. The van der Waals surface area contributed by atoms with Crippen molar-refractivity contribution < 1.29 is 29.1 Å². The van der Waals surface area contributed by atoms with Crippen LogP contribution < -0.4 is 10.6 Å². The van der Waals surface area contributed by atoms with Gasteiger partial charge in [0.25, 0.3) is 5.91 Å². The van der Waals surface area contributed by atoms with Gasteiger partial charge < -0.3 is 20.5 Å². The highest BCUT2D eigenvalue weighted by Gasteiger charge is 2.12. The van der Waals surface area contributed by atoms with Gasteiger partial charge in [-0.25, -0.2) is 0 Å². The summed E-state index contributed by atoms with van der Waals surface area (Å²) in [5.74, 6) is 0.369. The molecule has 0 bridgehead atoms. The Balaban J connectivity index is 0. The second kappa shape index (κ2) is 24.4. The summed E-state index contributed by atoms with van der Waals surface area (Å²) in [4.78, 5) is 57.4. The van der Waals surface area contributed by atoms with Gasteiger partial charge in [-0.05, 0) is 29.7 Å². The van der Waals surface area contributed by atoms with Gasteiger partial charge in [0.1, 0.15) is 12.0 Å². The maximum atomic E-state index is 12.1. The van der Waals surface area contributed by atoms with Crippen LogP contribution in [0.3, 0.4) is 0 Å². The number of nitrogens with zero attached hydrogens (tertiary/aromatic N) is 1. The normalized spacial score (nSPS) is 10.5. The van der Waals surface area contributed by atoms with Crippen molar-refractivity contribution in [3.05, 3.63) is 42.2 Å². The standard InChI is InChI=1S/C16H18N2O2.C6H14.C5H7NO4.C4H10/c1-2-3-7-13(19)11-18-16(20)15-14-8-5-4-6-12(14)9-10-17-15;1-4-5-6(2)3;7-2-4(6-3-8)1-5(9)10;1-4(2)3/h4-6,8-10H,2-3,7,11H2,1H3,(H,18,20);6H,4-5H2,1-3H3;2-4H,1H2,(H,6,8)(H,9,10);4H,1-3H3. The minimum Gasteiger partial charge on any atom is -0.481 e. The Kier molecular flexibility index (Phi) is 23.5. The number of nitrogens with one attached hydrogen (secondary N) is 2. The molecule has 9 nitrogen and oxygen atoms in total. The topological polar surface area (TPSA) is 143 Å². The Morgan fingerprint density at radius 3 is 2.08 bits per heavy atom. The minimum absolute atomic E-state index is 0.0560. The molecule has 1 aromatic carbocycles. The molecule has 1 heterocycles. The fourth-order valence-corrected chi connectivity index (χ4v) is 3.02. The fourth-order valence-electron chi connectivity index (χ4n) is 3.02. The lowest BCUT2D eigenvalue weighted by molar-refractivity contribution is -0.138. The van der Waals surface area contributed by atoms with Crippen LogP contribution >= 0.6 is 0 Å². The van der Waals surface area contributed by atoms with Gasteiger partial charge in [-0.15, -0.1) is 0 Å². The minimum atomic E-state index is -1.12. The lowest BCUT2D eigenvalue weighted by Gasteiger charge is -2.06. The first kappa shape index (κ1) is 38.5. The highest BCUT2D eigenvalue weighted by molar-refractivity contribution is 6.06. The average molecular weight is 560 g/mol. The van der Waals surface area contributed by atoms with E-state index in [1.54, 1.807) is 6.20 Å². The number of carboxylic acids is 1. The molecule has 0 aliphatic carbocycles. The van der Waals surface area contributed by atoms with Crippen molar-refractivity contribution in [2.75, 3.05) is 6.54 Å². The van der Waals surface area contributed by atoms with Gasteiger partial charge in [-0.2, -0.15) is 0 Å². The summed E-state index contributed by atoms with van der Waals surface area (Å²) in [7, 11) is 0. The van der Waals surface area contributed by atoms with E-state index in [9.17, 15) is 24.0 Å². The summed E-state index contributed by atoms with van der Waals surface area (Å²) < 4.78 is 0. The highest BCUT2D eigenvalue weighted by atomic mass is 16.4. The smallest absolute Gasteiger partial charge is 0.305 e. The van der Waals surface area contributed by atoms with Gasteiger partial charge in [-0.3, -0.25) is 24.2 Å². The molecule has 2 aromatic rings. The van der Waals surface area contributed by atoms with Crippen LogP contribution in [0.1, 0.15) is 97.5 Å². The van der Waals surface area contributed by atoms with Gasteiger partial charge in [0.2, 0.25) is 6.41 Å². The summed E-state index contributed by atoms with van der Waals surface area (Å²) in [6, 6.07) is 8.52. The van der Waals surface area contributed by atoms with Gasteiger partial charge in [0.05, 0.1) is 19.0 Å². The fraction of sp³-hybridized carbons (Fsp3) is 0.548. The number of hydrogen-bond donors (Lipinski definition) is 3. The number of fused-ring (bicyclic) bond motifs is 1. The molecule has 3 N–H and O–H groups in total. The van der Waals surface area contributed by atoms with E-state index in [4.69, 9.17) is 5.11 Å². The molecular weight excluding hydrogens is 510 g/mol. The molecule has 2 amide bonds. The molecule has 0 saturated heterocycles. The van der Waals surface area contributed by atoms with Crippen molar-refractivity contribution >= 4 is 41.1 Å². The molecule has 9 heteroatoms. The molecule has 1 atom stereocenters. The van der Waals surface area contributed by atoms with E-state index < -0.39 is 12.0 Å².